The molecule has 2 unspecified atom stereocenters. The Hall–Kier alpha value is -5.16. The van der Waals surface area contributed by atoms with Crippen molar-refractivity contribution in [3.63, 3.8) is 0 Å². The monoisotopic (exact) mass is 1020 g/mol. The van der Waals surface area contributed by atoms with Gasteiger partial charge in [0.25, 0.3) is 23.6 Å². The zero-order chi connectivity index (χ0) is 47.2. The Morgan fingerprint density at radius 1 is 0.453 bits per heavy atom. The third kappa shape index (κ3) is 12.3. The van der Waals surface area contributed by atoms with E-state index in [4.69, 9.17) is 92.8 Å². The number of azo groups is 2. The van der Waals surface area contributed by atoms with E-state index in [1.54, 1.807) is 13.8 Å². The Morgan fingerprint density at radius 2 is 0.797 bits per heavy atom. The summed E-state index contributed by atoms with van der Waals surface area (Å²) in [5.74, 6) is -4.22. The molecule has 0 radical (unpaired) electrons. The summed E-state index contributed by atoms with van der Waals surface area (Å²) in [6.07, 6.45) is 0. The fourth-order valence-electron chi connectivity index (χ4n) is 5.54. The Balaban J connectivity index is 1.27. The van der Waals surface area contributed by atoms with Gasteiger partial charge in [-0.15, -0.1) is 0 Å². The number of ketones is 2. The third-order valence-electron chi connectivity index (χ3n) is 9.00. The molecule has 0 spiro atoms. The number of nitrogens with zero attached hydrogens (tertiary/aromatic N) is 4. The van der Waals surface area contributed by atoms with Crippen molar-refractivity contribution in [2.75, 3.05) is 21.3 Å². The lowest BCUT2D eigenvalue weighted by Crippen LogP contribution is -2.33. The van der Waals surface area contributed by atoms with Crippen LogP contribution in [0.25, 0.3) is 0 Å². The number of benzene rings is 5. The van der Waals surface area contributed by atoms with Crippen molar-refractivity contribution < 1.29 is 28.8 Å². The van der Waals surface area contributed by atoms with Gasteiger partial charge >= 0.3 is 0 Å². The van der Waals surface area contributed by atoms with Gasteiger partial charge in [-0.05, 0) is 112 Å². The maximum atomic E-state index is 13.4. The van der Waals surface area contributed by atoms with E-state index in [0.717, 1.165) is 13.8 Å². The van der Waals surface area contributed by atoms with E-state index in [-0.39, 0.29) is 85.4 Å². The summed E-state index contributed by atoms with van der Waals surface area (Å²) in [7, 11) is 0. The van der Waals surface area contributed by atoms with Gasteiger partial charge in [0.05, 0.1) is 52.9 Å². The Bertz CT molecular complexity index is 2630. The first-order chi connectivity index (χ1) is 30.1. The van der Waals surface area contributed by atoms with Crippen LogP contribution in [0.15, 0.2) is 93.3 Å². The molecule has 5 rings (SSSR count). The molecule has 14 nitrogen and oxygen atoms in total. The average Bonchev–Trinajstić information content (AvgIpc) is 3.23. The summed E-state index contributed by atoms with van der Waals surface area (Å²) in [6, 6.07) is 13.7. The standard InChI is InChI=1S/C42H30Cl8N8O6/c1-17-18(2)30(52-42(64)38(20(4)60)58-56-26-14-22(12-24(44)16-26)40(62)54-32-8-6-28(46)34(48)36(32)50)10-9-29(17)51-41(63)37(19(3)59)57-55-25-13-21(11-23(43)15-25)39(61)53-31-7-5-27(45)33(47)35(31)49/h5-16,37-38H,1-4H3,(H,51,63)(H,52,64)(H,53,61)(H,54,62). The van der Waals surface area contributed by atoms with Crippen LogP contribution < -0.4 is 21.3 Å². The first-order valence-electron chi connectivity index (χ1n) is 18.2. The summed E-state index contributed by atoms with van der Waals surface area (Å²) >= 11 is 49.1. The minimum absolute atomic E-state index is 0.0236. The van der Waals surface area contributed by atoms with E-state index in [9.17, 15) is 28.8 Å². The van der Waals surface area contributed by atoms with Crippen LogP contribution in [0.4, 0.5) is 34.1 Å². The highest BCUT2D eigenvalue weighted by atomic mass is 35.5. The van der Waals surface area contributed by atoms with Crippen LogP contribution in [0.2, 0.25) is 40.2 Å². The van der Waals surface area contributed by atoms with Gasteiger partial charge in [-0.2, -0.15) is 20.5 Å². The molecule has 4 N–H and O–H groups in total. The minimum Gasteiger partial charge on any atom is -0.324 e. The highest BCUT2D eigenvalue weighted by Crippen LogP contribution is 2.37. The lowest BCUT2D eigenvalue weighted by atomic mass is 10.0. The number of rotatable bonds is 14. The molecular formula is C42H30Cl8N8O6. The number of carbonyl (C=O) groups is 6. The van der Waals surface area contributed by atoms with Crippen molar-refractivity contribution in [1.29, 1.82) is 0 Å². The Kier molecular flexibility index (Phi) is 16.9. The van der Waals surface area contributed by atoms with Crippen LogP contribution >= 0.6 is 92.8 Å². The molecule has 5 aromatic rings. The molecule has 4 amide bonds. The number of amides is 4. The smallest absolute Gasteiger partial charge is 0.258 e. The normalized spacial score (nSPS) is 12.2. The summed E-state index contributed by atoms with van der Waals surface area (Å²) in [5, 5.41) is 27.2. The van der Waals surface area contributed by atoms with Crippen LogP contribution in [0.1, 0.15) is 45.7 Å². The summed E-state index contributed by atoms with van der Waals surface area (Å²) in [4.78, 5) is 78.1. The van der Waals surface area contributed by atoms with E-state index in [2.05, 4.69) is 41.7 Å². The second kappa shape index (κ2) is 21.7. The first-order valence-corrected chi connectivity index (χ1v) is 21.2. The first kappa shape index (κ1) is 49.8. The van der Waals surface area contributed by atoms with E-state index in [1.807, 2.05) is 0 Å². The van der Waals surface area contributed by atoms with E-state index >= 15 is 0 Å². The fourth-order valence-corrected chi connectivity index (χ4v) is 7.16. The molecule has 0 saturated heterocycles. The number of nitrogens with one attached hydrogen (secondary N) is 4. The van der Waals surface area contributed by atoms with Crippen LogP contribution in [0.5, 0.6) is 0 Å². The highest BCUT2D eigenvalue weighted by Gasteiger charge is 2.27. The van der Waals surface area contributed by atoms with Gasteiger partial charge in [-0.1, -0.05) is 92.8 Å². The summed E-state index contributed by atoms with van der Waals surface area (Å²) in [5.41, 5.74) is 2.11. The molecule has 0 bridgehead atoms. The Labute approximate surface area is 405 Å². The summed E-state index contributed by atoms with van der Waals surface area (Å²) < 4.78 is 0. The number of halogens is 8. The molecule has 330 valence electrons. The lowest BCUT2D eigenvalue weighted by Gasteiger charge is -2.17. The van der Waals surface area contributed by atoms with Crippen molar-refractivity contribution in [2.45, 2.75) is 39.8 Å². The number of hydrogen-bond acceptors (Lipinski definition) is 10. The zero-order valence-corrected chi connectivity index (χ0v) is 39.4. The molecule has 2 atom stereocenters. The molecule has 0 aliphatic rings. The highest BCUT2D eigenvalue weighted by molar-refractivity contribution is 6.50. The zero-order valence-electron chi connectivity index (χ0n) is 33.3. The second-order valence-corrected chi connectivity index (χ2v) is 16.8. The van der Waals surface area contributed by atoms with Gasteiger partial charge < -0.3 is 21.3 Å². The molecular weight excluding hydrogens is 996 g/mol. The van der Waals surface area contributed by atoms with Crippen LogP contribution in [0.3, 0.4) is 0 Å². The van der Waals surface area contributed by atoms with Gasteiger partial charge in [-0.3, -0.25) is 28.8 Å². The summed E-state index contributed by atoms with van der Waals surface area (Å²) in [6.45, 7) is 5.61. The van der Waals surface area contributed by atoms with Gasteiger partial charge in [0.1, 0.15) is 0 Å². The van der Waals surface area contributed by atoms with Gasteiger partial charge in [0.2, 0.25) is 12.1 Å². The molecule has 0 aromatic heterocycles. The minimum atomic E-state index is -1.61. The quantitative estimate of drug-likeness (QED) is 0.0484. The van der Waals surface area contributed by atoms with Gasteiger partial charge in [0, 0.05) is 32.5 Å². The van der Waals surface area contributed by atoms with Crippen molar-refractivity contribution in [2.24, 2.45) is 20.5 Å². The number of Topliss-reactive ketones (excluding diaryl/α,β-unsaturated/α-hetero) is 2. The van der Waals surface area contributed by atoms with Gasteiger partial charge in [0.15, 0.2) is 11.6 Å². The second-order valence-electron chi connectivity index (χ2n) is 13.6. The predicted octanol–water partition coefficient (Wildman–Crippen LogP) is 13.4. The van der Waals surface area contributed by atoms with E-state index in [1.165, 1.54) is 72.8 Å². The predicted molar refractivity (Wildman–Crippen MR) is 253 cm³/mol. The lowest BCUT2D eigenvalue weighted by molar-refractivity contribution is -0.127. The van der Waals surface area contributed by atoms with Crippen LogP contribution in [0, 0.1) is 13.8 Å². The van der Waals surface area contributed by atoms with Crippen LogP contribution in [-0.4, -0.2) is 47.3 Å². The van der Waals surface area contributed by atoms with Crippen LogP contribution in [-0.2, 0) is 19.2 Å². The van der Waals surface area contributed by atoms with Crippen molar-refractivity contribution in [3.8, 4) is 0 Å². The largest absolute Gasteiger partial charge is 0.324 e. The maximum absolute atomic E-state index is 13.4. The van der Waals surface area contributed by atoms with Crippen molar-refractivity contribution in [1.82, 2.24) is 0 Å². The van der Waals surface area contributed by atoms with Crippen molar-refractivity contribution >= 4 is 162 Å². The third-order valence-corrected chi connectivity index (χ3v) is 12.0. The molecule has 64 heavy (non-hydrogen) atoms. The molecule has 0 aliphatic carbocycles. The molecule has 0 aliphatic heterocycles. The molecule has 22 heteroatoms. The van der Waals surface area contributed by atoms with E-state index in [0.29, 0.717) is 11.1 Å². The van der Waals surface area contributed by atoms with Crippen molar-refractivity contribution in [3.05, 3.63) is 135 Å². The number of hydrogen-bond donors (Lipinski definition) is 4. The molecule has 0 fully saturated rings. The molecule has 5 aromatic carbocycles. The topological polar surface area (TPSA) is 200 Å². The number of carbonyl (C=O) groups excluding carboxylic acids is 6. The van der Waals surface area contributed by atoms with E-state index < -0.39 is 47.3 Å². The SMILES string of the molecule is CC(=O)C(N=Nc1cc(Cl)cc(C(=O)Nc2ccc(Cl)c(Cl)c2Cl)c1)C(=O)Nc1ccc(NC(=O)C(N=Nc2cc(Cl)cc(C(=O)Nc3ccc(Cl)c(Cl)c3Cl)c2)C(C)=O)c(C)c1C. The molecule has 0 heterocycles. The van der Waals surface area contributed by atoms with Gasteiger partial charge in [-0.25, -0.2) is 0 Å². The average molecular weight is 1030 g/mol. The molecule has 0 saturated carbocycles. The fraction of sp³-hybridized carbons (Fsp3) is 0.143. The maximum Gasteiger partial charge on any atom is 0.258 e. The number of anilines is 4. The Morgan fingerprint density at radius 3 is 1.14 bits per heavy atom.